The van der Waals surface area contributed by atoms with Crippen LogP contribution in [-0.4, -0.2) is 58.7 Å². The molecule has 0 radical (unpaired) electrons. The zero-order chi connectivity index (χ0) is 21.2. The molecular formula is C22H31IN4O3. The van der Waals surface area contributed by atoms with Gasteiger partial charge in [-0.25, -0.2) is 0 Å². The number of hydrogen-bond acceptors (Lipinski definition) is 4. The maximum atomic E-state index is 11.8. The second-order valence-corrected chi connectivity index (χ2v) is 6.54. The number of hydrogen-bond donors (Lipinski definition) is 2. The lowest BCUT2D eigenvalue weighted by atomic mass is 10.1. The summed E-state index contributed by atoms with van der Waals surface area (Å²) >= 11 is 0. The maximum absolute atomic E-state index is 11.8. The van der Waals surface area contributed by atoms with E-state index in [-0.39, 0.29) is 29.9 Å². The lowest BCUT2D eigenvalue weighted by Crippen LogP contribution is -2.39. The van der Waals surface area contributed by atoms with Gasteiger partial charge in [-0.3, -0.25) is 9.79 Å². The van der Waals surface area contributed by atoms with Gasteiger partial charge in [0.15, 0.2) is 5.96 Å². The van der Waals surface area contributed by atoms with Crippen LogP contribution in [-0.2, 0) is 13.0 Å². The standard InChI is InChI=1S/C22H30N4O3.HI/c1-23-21(27)17-8-6-7-16(13-17)11-12-25-22(24-2)26(3)15-18-9-10-19(28-4)14-20(18)29-5;/h6-10,13-14H,11-12,15H2,1-5H3,(H,23,27)(H,24,25);1H. The van der Waals surface area contributed by atoms with Crippen LogP contribution in [0.3, 0.4) is 0 Å². The van der Waals surface area contributed by atoms with Crippen molar-refractivity contribution in [2.45, 2.75) is 13.0 Å². The van der Waals surface area contributed by atoms with Crippen LogP contribution in [0.1, 0.15) is 21.5 Å². The third kappa shape index (κ3) is 7.08. The lowest BCUT2D eigenvalue weighted by molar-refractivity contribution is 0.0963. The largest absolute Gasteiger partial charge is 0.497 e. The number of ether oxygens (including phenoxy) is 2. The number of methoxy groups -OCH3 is 2. The highest BCUT2D eigenvalue weighted by Gasteiger charge is 2.11. The number of rotatable bonds is 8. The quantitative estimate of drug-likeness (QED) is 0.315. The fourth-order valence-corrected chi connectivity index (χ4v) is 3.03. The molecule has 0 spiro atoms. The average Bonchev–Trinajstić information content (AvgIpc) is 2.76. The summed E-state index contributed by atoms with van der Waals surface area (Å²) in [6.07, 6.45) is 0.781. The summed E-state index contributed by atoms with van der Waals surface area (Å²) < 4.78 is 10.7. The van der Waals surface area contributed by atoms with Crippen molar-refractivity contribution in [3.05, 3.63) is 59.2 Å². The molecule has 164 valence electrons. The number of nitrogens with one attached hydrogen (secondary N) is 2. The fraction of sp³-hybridized carbons (Fsp3) is 0.364. The number of aliphatic imine (C=N–C) groups is 1. The van der Waals surface area contributed by atoms with Crippen molar-refractivity contribution in [1.29, 1.82) is 0 Å². The number of amides is 1. The van der Waals surface area contributed by atoms with Gasteiger partial charge in [-0.2, -0.15) is 0 Å². The number of guanidine groups is 1. The van der Waals surface area contributed by atoms with E-state index in [1.165, 1.54) is 0 Å². The molecule has 0 bridgehead atoms. The Labute approximate surface area is 195 Å². The molecule has 2 aromatic carbocycles. The van der Waals surface area contributed by atoms with Crippen LogP contribution in [0.5, 0.6) is 11.5 Å². The molecule has 0 atom stereocenters. The van der Waals surface area contributed by atoms with Crippen LogP contribution in [0.15, 0.2) is 47.5 Å². The van der Waals surface area contributed by atoms with Gasteiger partial charge in [0.2, 0.25) is 0 Å². The highest BCUT2D eigenvalue weighted by Crippen LogP contribution is 2.25. The molecule has 0 saturated carbocycles. The van der Waals surface area contributed by atoms with Crippen molar-refractivity contribution in [1.82, 2.24) is 15.5 Å². The Bertz CT molecular complexity index is 858. The number of carbonyl (C=O) groups excluding carboxylic acids is 1. The highest BCUT2D eigenvalue weighted by molar-refractivity contribution is 14.0. The van der Waals surface area contributed by atoms with Crippen molar-refractivity contribution in [2.24, 2.45) is 4.99 Å². The molecular weight excluding hydrogens is 495 g/mol. The van der Waals surface area contributed by atoms with E-state index in [9.17, 15) is 4.79 Å². The van der Waals surface area contributed by atoms with Crippen molar-refractivity contribution >= 4 is 35.8 Å². The number of carbonyl (C=O) groups is 1. The summed E-state index contributed by atoms with van der Waals surface area (Å²) in [5, 5.41) is 6.02. The maximum Gasteiger partial charge on any atom is 0.251 e. The van der Waals surface area contributed by atoms with Crippen LogP contribution in [0, 0.1) is 0 Å². The van der Waals surface area contributed by atoms with Gasteiger partial charge < -0.3 is 25.0 Å². The first-order valence-electron chi connectivity index (χ1n) is 9.46. The van der Waals surface area contributed by atoms with E-state index in [1.54, 1.807) is 28.3 Å². The smallest absolute Gasteiger partial charge is 0.251 e. The molecule has 0 aliphatic carbocycles. The number of halogens is 1. The van der Waals surface area contributed by atoms with Crippen LogP contribution >= 0.6 is 24.0 Å². The van der Waals surface area contributed by atoms with Gasteiger partial charge in [0, 0.05) is 51.4 Å². The summed E-state index contributed by atoms with van der Waals surface area (Å²) in [7, 11) is 8.66. The normalized spacial score (nSPS) is 10.6. The average molecular weight is 526 g/mol. The zero-order valence-electron chi connectivity index (χ0n) is 18.2. The molecule has 1 amide bonds. The zero-order valence-corrected chi connectivity index (χ0v) is 20.5. The molecule has 0 aliphatic rings. The molecule has 8 heteroatoms. The second kappa shape index (κ2) is 12.9. The third-order valence-electron chi connectivity index (χ3n) is 4.59. The number of nitrogens with zero attached hydrogens (tertiary/aromatic N) is 2. The highest BCUT2D eigenvalue weighted by atomic mass is 127. The van der Waals surface area contributed by atoms with E-state index in [2.05, 4.69) is 15.6 Å². The summed E-state index contributed by atoms with van der Waals surface area (Å²) in [5.41, 5.74) is 2.80. The summed E-state index contributed by atoms with van der Waals surface area (Å²) in [6, 6.07) is 13.4. The van der Waals surface area contributed by atoms with Gasteiger partial charge in [0.25, 0.3) is 5.91 Å². The summed E-state index contributed by atoms with van der Waals surface area (Å²) in [6.45, 7) is 1.34. The molecule has 0 aliphatic heterocycles. The van der Waals surface area contributed by atoms with Crippen LogP contribution < -0.4 is 20.1 Å². The summed E-state index contributed by atoms with van der Waals surface area (Å²) in [5.74, 6) is 2.24. The first-order chi connectivity index (χ1) is 14.0. The van der Waals surface area contributed by atoms with E-state index in [4.69, 9.17) is 9.47 Å². The van der Waals surface area contributed by atoms with Crippen molar-refractivity contribution in [2.75, 3.05) is 41.9 Å². The Kier molecular flexibility index (Phi) is 11.0. The van der Waals surface area contributed by atoms with Crippen molar-refractivity contribution < 1.29 is 14.3 Å². The predicted octanol–water partition coefficient (Wildman–Crippen LogP) is 2.93. The first kappa shape index (κ1) is 25.5. The Morgan fingerprint density at radius 2 is 1.90 bits per heavy atom. The molecule has 2 rings (SSSR count). The molecule has 0 fully saturated rings. The van der Waals surface area contributed by atoms with Crippen LogP contribution in [0.2, 0.25) is 0 Å². The van der Waals surface area contributed by atoms with E-state index in [0.717, 1.165) is 35.0 Å². The molecule has 0 unspecified atom stereocenters. The van der Waals surface area contributed by atoms with Gasteiger partial charge in [-0.05, 0) is 36.2 Å². The van der Waals surface area contributed by atoms with E-state index >= 15 is 0 Å². The number of benzene rings is 2. The minimum absolute atomic E-state index is 0. The molecule has 0 aromatic heterocycles. The molecule has 2 N–H and O–H groups in total. The molecule has 30 heavy (non-hydrogen) atoms. The van der Waals surface area contributed by atoms with Gasteiger partial charge in [-0.15, -0.1) is 24.0 Å². The van der Waals surface area contributed by atoms with Crippen LogP contribution in [0.25, 0.3) is 0 Å². The fourth-order valence-electron chi connectivity index (χ4n) is 3.03. The van der Waals surface area contributed by atoms with E-state index in [0.29, 0.717) is 18.7 Å². The Hall–Kier alpha value is -2.49. The minimum atomic E-state index is -0.0798. The first-order valence-corrected chi connectivity index (χ1v) is 9.46. The van der Waals surface area contributed by atoms with E-state index < -0.39 is 0 Å². The Morgan fingerprint density at radius 3 is 2.53 bits per heavy atom. The second-order valence-electron chi connectivity index (χ2n) is 6.54. The van der Waals surface area contributed by atoms with Gasteiger partial charge in [0.1, 0.15) is 11.5 Å². The van der Waals surface area contributed by atoms with Crippen molar-refractivity contribution in [3.8, 4) is 11.5 Å². The molecule has 0 saturated heterocycles. The van der Waals surface area contributed by atoms with Crippen molar-refractivity contribution in [3.63, 3.8) is 0 Å². The topological polar surface area (TPSA) is 75.2 Å². The van der Waals surface area contributed by atoms with Gasteiger partial charge >= 0.3 is 0 Å². The predicted molar refractivity (Wildman–Crippen MR) is 131 cm³/mol. The third-order valence-corrected chi connectivity index (χ3v) is 4.59. The summed E-state index contributed by atoms with van der Waals surface area (Å²) in [4.78, 5) is 18.2. The van der Waals surface area contributed by atoms with Gasteiger partial charge in [-0.1, -0.05) is 12.1 Å². The van der Waals surface area contributed by atoms with Crippen LogP contribution in [0.4, 0.5) is 0 Å². The lowest BCUT2D eigenvalue weighted by Gasteiger charge is -2.23. The SMILES string of the molecule is CN=C(NCCc1cccc(C(=O)NC)c1)N(C)Cc1ccc(OC)cc1OC.I. The van der Waals surface area contributed by atoms with Gasteiger partial charge in [0.05, 0.1) is 14.2 Å². The molecule has 7 nitrogen and oxygen atoms in total. The Morgan fingerprint density at radius 1 is 1.13 bits per heavy atom. The Balaban J connectivity index is 0.00000450. The minimum Gasteiger partial charge on any atom is -0.497 e. The molecule has 2 aromatic rings. The van der Waals surface area contributed by atoms with E-state index in [1.807, 2.05) is 54.4 Å². The monoisotopic (exact) mass is 526 g/mol. The molecule has 0 heterocycles.